The van der Waals surface area contributed by atoms with Gasteiger partial charge in [-0.1, -0.05) is 24.3 Å². The molecule has 0 radical (unpaired) electrons. The molecule has 2 aromatic carbocycles. The number of amides is 1. The normalized spacial score (nSPS) is 25.7. The smallest absolute Gasteiger partial charge is 0.253 e. The number of nitrogens with zero attached hydrogens (tertiary/aromatic N) is 1. The van der Waals surface area contributed by atoms with Gasteiger partial charge in [0, 0.05) is 36.3 Å². The number of nitrogens with one attached hydrogen (secondary N) is 1. The highest BCUT2D eigenvalue weighted by Gasteiger charge is 2.29. The van der Waals surface area contributed by atoms with Crippen LogP contribution >= 0.6 is 0 Å². The predicted molar refractivity (Wildman–Crippen MR) is 122 cm³/mol. The maximum Gasteiger partial charge on any atom is 0.253 e. The van der Waals surface area contributed by atoms with Gasteiger partial charge in [-0.2, -0.15) is 0 Å². The predicted octanol–water partition coefficient (Wildman–Crippen LogP) is 3.65. The number of carbonyl (C=O) groups excluding carboxylic acids is 1. The fourth-order valence-corrected chi connectivity index (χ4v) is 5.32. The second-order valence-electron chi connectivity index (χ2n) is 9.28. The Bertz CT molecular complexity index is 961. The van der Waals surface area contributed by atoms with E-state index in [1.54, 1.807) is 4.90 Å². The average Bonchev–Trinajstić information content (AvgIpc) is 3.47. The van der Waals surface area contributed by atoms with Crippen LogP contribution in [0.4, 0.5) is 0 Å². The Kier molecular flexibility index (Phi) is 6.07. The zero-order chi connectivity index (χ0) is 22.1. The molecule has 0 aromatic heterocycles. The number of β-amino-alcohol motifs (C(OH)–C–C–N with tert-alkyl or cyclic N) is 1. The Labute approximate surface area is 189 Å². The van der Waals surface area contributed by atoms with Crippen LogP contribution in [-0.2, 0) is 0 Å². The van der Waals surface area contributed by atoms with Crippen LogP contribution in [0.2, 0.25) is 0 Å². The van der Waals surface area contributed by atoms with Crippen molar-refractivity contribution >= 4 is 5.91 Å². The molecule has 4 atom stereocenters. The van der Waals surface area contributed by atoms with E-state index in [0.29, 0.717) is 50.2 Å². The first-order chi connectivity index (χ1) is 15.6. The minimum absolute atomic E-state index is 0.0188. The summed E-state index contributed by atoms with van der Waals surface area (Å²) in [5.41, 5.74) is 3.16. The Morgan fingerprint density at radius 2 is 1.91 bits per heavy atom. The number of carbonyl (C=O) groups is 1. The molecule has 1 amide bonds. The SMILES string of the molecule is C[C@@H](N[C@H]1CC[C@@H](c2ccc(C(=O)N3CC[C@H](O)C3)cc2)C1)c1cccc2c1OCCO2. The Morgan fingerprint density at radius 1 is 1.09 bits per heavy atom. The molecule has 0 bridgehead atoms. The molecule has 5 rings (SSSR count). The summed E-state index contributed by atoms with van der Waals surface area (Å²) in [6, 6.07) is 14.9. The van der Waals surface area contributed by atoms with Gasteiger partial charge in [0.15, 0.2) is 11.5 Å². The number of aliphatic hydroxyl groups is 1. The van der Waals surface area contributed by atoms with Crippen molar-refractivity contribution in [3.8, 4) is 11.5 Å². The van der Waals surface area contributed by atoms with Crippen molar-refractivity contribution in [1.82, 2.24) is 10.2 Å². The Balaban J connectivity index is 1.19. The molecule has 0 spiro atoms. The van der Waals surface area contributed by atoms with E-state index < -0.39 is 0 Å². The minimum Gasteiger partial charge on any atom is -0.486 e. The Hall–Kier alpha value is -2.57. The van der Waals surface area contributed by atoms with Crippen molar-refractivity contribution in [2.75, 3.05) is 26.3 Å². The fourth-order valence-electron chi connectivity index (χ4n) is 5.32. The molecule has 1 saturated heterocycles. The third kappa shape index (κ3) is 4.34. The lowest BCUT2D eigenvalue weighted by Gasteiger charge is -2.26. The van der Waals surface area contributed by atoms with Gasteiger partial charge in [0.1, 0.15) is 13.2 Å². The minimum atomic E-state index is -0.385. The van der Waals surface area contributed by atoms with E-state index in [2.05, 4.69) is 30.4 Å². The van der Waals surface area contributed by atoms with Crippen molar-refractivity contribution in [2.24, 2.45) is 0 Å². The molecule has 2 heterocycles. The highest BCUT2D eigenvalue weighted by Crippen LogP contribution is 2.39. The number of fused-ring (bicyclic) bond motifs is 1. The van der Waals surface area contributed by atoms with E-state index in [0.717, 1.165) is 36.3 Å². The molecule has 2 aliphatic heterocycles. The lowest BCUT2D eigenvalue weighted by Crippen LogP contribution is -2.30. The van der Waals surface area contributed by atoms with Gasteiger partial charge in [-0.25, -0.2) is 0 Å². The van der Waals surface area contributed by atoms with Gasteiger partial charge in [0.2, 0.25) is 0 Å². The second kappa shape index (κ2) is 9.12. The van der Waals surface area contributed by atoms with Crippen LogP contribution < -0.4 is 14.8 Å². The summed E-state index contributed by atoms with van der Waals surface area (Å²) in [6.45, 7) is 4.47. The molecule has 6 nitrogen and oxygen atoms in total. The summed E-state index contributed by atoms with van der Waals surface area (Å²) in [4.78, 5) is 14.4. The summed E-state index contributed by atoms with van der Waals surface area (Å²) in [7, 11) is 0. The van der Waals surface area contributed by atoms with Crippen molar-refractivity contribution in [3.05, 3.63) is 59.2 Å². The number of likely N-dealkylation sites (tertiary alicyclic amines) is 1. The first-order valence-electron chi connectivity index (χ1n) is 11.8. The standard InChI is InChI=1S/C26H32N2O4/c1-17(23-3-2-4-24-25(23)32-14-13-31-24)27-21-10-9-20(15-21)18-5-7-19(8-6-18)26(30)28-12-11-22(29)16-28/h2-8,17,20-22,27,29H,9-16H2,1H3/t17-,20-,21+,22+/m1/s1. The number of ether oxygens (including phenoxy) is 2. The molecule has 2 aromatic rings. The van der Waals surface area contributed by atoms with Gasteiger partial charge in [-0.05, 0) is 62.3 Å². The van der Waals surface area contributed by atoms with Crippen molar-refractivity contribution in [3.63, 3.8) is 0 Å². The van der Waals surface area contributed by atoms with Crippen molar-refractivity contribution < 1.29 is 19.4 Å². The van der Waals surface area contributed by atoms with Crippen LogP contribution in [0.15, 0.2) is 42.5 Å². The van der Waals surface area contributed by atoms with E-state index in [1.165, 1.54) is 5.56 Å². The molecule has 6 heteroatoms. The average molecular weight is 437 g/mol. The van der Waals surface area contributed by atoms with E-state index in [9.17, 15) is 9.90 Å². The van der Waals surface area contributed by atoms with Gasteiger partial charge in [0.25, 0.3) is 5.91 Å². The quantitative estimate of drug-likeness (QED) is 0.749. The van der Waals surface area contributed by atoms with Crippen LogP contribution in [0.3, 0.4) is 0 Å². The third-order valence-electron chi connectivity index (χ3n) is 7.06. The molecule has 1 saturated carbocycles. The highest BCUT2D eigenvalue weighted by atomic mass is 16.6. The van der Waals surface area contributed by atoms with E-state index >= 15 is 0 Å². The topological polar surface area (TPSA) is 71.0 Å². The summed E-state index contributed by atoms with van der Waals surface area (Å²) < 4.78 is 11.6. The first kappa shape index (κ1) is 21.3. The number of para-hydroxylation sites is 1. The van der Waals surface area contributed by atoms with Crippen LogP contribution in [0.1, 0.15) is 66.1 Å². The Morgan fingerprint density at radius 3 is 2.69 bits per heavy atom. The molecule has 3 aliphatic rings. The van der Waals surface area contributed by atoms with E-state index in [1.807, 2.05) is 24.3 Å². The lowest BCUT2D eigenvalue weighted by atomic mass is 9.96. The van der Waals surface area contributed by atoms with Crippen LogP contribution in [0, 0.1) is 0 Å². The third-order valence-corrected chi connectivity index (χ3v) is 7.06. The fraction of sp³-hybridized carbons (Fsp3) is 0.500. The highest BCUT2D eigenvalue weighted by molar-refractivity contribution is 5.94. The molecule has 32 heavy (non-hydrogen) atoms. The number of hydrogen-bond acceptors (Lipinski definition) is 5. The number of aliphatic hydroxyl groups excluding tert-OH is 1. The van der Waals surface area contributed by atoms with Gasteiger partial charge >= 0.3 is 0 Å². The summed E-state index contributed by atoms with van der Waals surface area (Å²) in [5.74, 6) is 2.23. The van der Waals surface area contributed by atoms with Crippen LogP contribution in [-0.4, -0.2) is 54.4 Å². The van der Waals surface area contributed by atoms with Crippen molar-refractivity contribution in [2.45, 2.75) is 56.7 Å². The summed E-state index contributed by atoms with van der Waals surface area (Å²) in [6.07, 6.45) is 3.64. The molecular formula is C26H32N2O4. The van der Waals surface area contributed by atoms with Gasteiger partial charge in [0.05, 0.1) is 6.10 Å². The number of rotatable bonds is 5. The van der Waals surface area contributed by atoms with Crippen molar-refractivity contribution in [1.29, 1.82) is 0 Å². The molecule has 2 N–H and O–H groups in total. The van der Waals surface area contributed by atoms with Crippen LogP contribution in [0.25, 0.3) is 0 Å². The first-order valence-corrected chi connectivity index (χ1v) is 11.8. The molecule has 170 valence electrons. The second-order valence-corrected chi connectivity index (χ2v) is 9.28. The maximum atomic E-state index is 12.6. The molecule has 1 aliphatic carbocycles. The van der Waals surface area contributed by atoms with Crippen LogP contribution in [0.5, 0.6) is 11.5 Å². The van der Waals surface area contributed by atoms with Gasteiger partial charge in [-0.15, -0.1) is 0 Å². The van der Waals surface area contributed by atoms with E-state index in [4.69, 9.17) is 9.47 Å². The largest absolute Gasteiger partial charge is 0.486 e. The summed E-state index contributed by atoms with van der Waals surface area (Å²) >= 11 is 0. The lowest BCUT2D eigenvalue weighted by molar-refractivity contribution is 0.0765. The zero-order valence-corrected chi connectivity index (χ0v) is 18.6. The molecule has 0 unspecified atom stereocenters. The monoisotopic (exact) mass is 436 g/mol. The van der Waals surface area contributed by atoms with Gasteiger partial charge < -0.3 is 24.8 Å². The maximum absolute atomic E-state index is 12.6. The number of hydrogen-bond donors (Lipinski definition) is 2. The zero-order valence-electron chi connectivity index (χ0n) is 18.6. The van der Waals surface area contributed by atoms with E-state index in [-0.39, 0.29) is 18.1 Å². The van der Waals surface area contributed by atoms with Gasteiger partial charge in [-0.3, -0.25) is 4.79 Å². The summed E-state index contributed by atoms with van der Waals surface area (Å²) in [5, 5.41) is 13.5. The molecular weight excluding hydrogens is 404 g/mol. The number of benzene rings is 2. The molecule has 2 fully saturated rings.